The van der Waals surface area contributed by atoms with Gasteiger partial charge in [-0.05, 0) is 18.1 Å². The highest BCUT2D eigenvalue weighted by molar-refractivity contribution is 6.91. The van der Waals surface area contributed by atoms with Crippen molar-refractivity contribution in [3.05, 3.63) is 30.3 Å². The van der Waals surface area contributed by atoms with E-state index in [4.69, 9.17) is 9.16 Å². The summed E-state index contributed by atoms with van der Waals surface area (Å²) < 4.78 is 12.3. The first-order chi connectivity index (χ1) is 10.5. The Morgan fingerprint density at radius 2 is 1.70 bits per heavy atom. The van der Waals surface area contributed by atoms with Crippen molar-refractivity contribution in [2.75, 3.05) is 0 Å². The summed E-state index contributed by atoms with van der Waals surface area (Å²) in [6, 6.07) is 12.9. The molecular weight excluding hydrogens is 318 g/mol. The molecule has 1 saturated heterocycles. The van der Waals surface area contributed by atoms with Crippen LogP contribution in [0.1, 0.15) is 20.8 Å². The minimum absolute atomic E-state index is 0.0732. The van der Waals surface area contributed by atoms with Crippen molar-refractivity contribution < 1.29 is 9.16 Å². The van der Waals surface area contributed by atoms with Gasteiger partial charge < -0.3 is 9.16 Å². The second-order valence-corrected chi connectivity index (χ2v) is 17.9. The highest BCUT2D eigenvalue weighted by Crippen LogP contribution is 2.41. The van der Waals surface area contributed by atoms with Gasteiger partial charge >= 0.3 is 0 Å². The summed E-state index contributed by atoms with van der Waals surface area (Å²) in [6.45, 7) is 15.6. The molecule has 0 aromatic heterocycles. The van der Waals surface area contributed by atoms with Crippen LogP contribution in [-0.2, 0) is 9.16 Å². The van der Waals surface area contributed by atoms with Crippen LogP contribution in [0, 0.1) is 11.3 Å². The van der Waals surface area contributed by atoms with Crippen LogP contribution in [0.5, 0.6) is 0 Å². The fourth-order valence-electron chi connectivity index (χ4n) is 2.63. The monoisotopic (exact) mass is 347 g/mol. The number of nitrogens with zero attached hydrogens (tertiary/aromatic N) is 1. The average molecular weight is 348 g/mol. The number of hydrogen-bond acceptors (Lipinski definition) is 3. The molecule has 0 unspecified atom stereocenters. The van der Waals surface area contributed by atoms with Crippen molar-refractivity contribution in [3.8, 4) is 6.07 Å². The van der Waals surface area contributed by atoms with Crippen LogP contribution in [0.25, 0.3) is 0 Å². The molecule has 0 N–H and O–H groups in total. The topological polar surface area (TPSA) is 45.5 Å². The molecule has 1 aliphatic rings. The van der Waals surface area contributed by atoms with E-state index in [0.717, 1.165) is 0 Å². The largest absolute Gasteiger partial charge is 0.399 e. The van der Waals surface area contributed by atoms with Crippen LogP contribution in [0.3, 0.4) is 0 Å². The van der Waals surface area contributed by atoms with E-state index in [9.17, 15) is 5.26 Å². The maximum Gasteiger partial charge on any atom is 0.193 e. The van der Waals surface area contributed by atoms with Crippen molar-refractivity contribution >= 4 is 21.6 Å². The van der Waals surface area contributed by atoms with Gasteiger partial charge in [-0.3, -0.25) is 0 Å². The molecule has 126 valence electrons. The van der Waals surface area contributed by atoms with Crippen LogP contribution in [0.4, 0.5) is 0 Å². The Labute approximate surface area is 142 Å². The molecule has 1 fully saturated rings. The Morgan fingerprint density at radius 3 is 2.17 bits per heavy atom. The predicted octanol–water partition coefficient (Wildman–Crippen LogP) is 3.82. The minimum Gasteiger partial charge on any atom is -0.399 e. The molecule has 0 saturated carbocycles. The van der Waals surface area contributed by atoms with Gasteiger partial charge in [0.2, 0.25) is 0 Å². The summed E-state index contributed by atoms with van der Waals surface area (Å²) in [6.07, 6.45) is -0.521. The van der Waals surface area contributed by atoms with Gasteiger partial charge in [0.05, 0.1) is 11.8 Å². The maximum absolute atomic E-state index is 9.60. The molecule has 1 aromatic carbocycles. The van der Waals surface area contributed by atoms with Crippen LogP contribution < -0.4 is 5.19 Å². The normalized spacial score (nSPS) is 23.2. The van der Waals surface area contributed by atoms with E-state index in [2.05, 4.69) is 77.3 Å². The summed E-state index contributed by atoms with van der Waals surface area (Å²) >= 11 is 0. The molecular formula is C18H29NO2Si2. The molecule has 0 radical (unpaired) electrons. The van der Waals surface area contributed by atoms with E-state index in [1.807, 2.05) is 6.07 Å². The van der Waals surface area contributed by atoms with E-state index in [1.165, 1.54) is 5.19 Å². The van der Waals surface area contributed by atoms with Gasteiger partial charge in [-0.15, -0.1) is 0 Å². The zero-order valence-electron chi connectivity index (χ0n) is 15.4. The summed E-state index contributed by atoms with van der Waals surface area (Å²) in [5, 5.41) is 11.1. The molecule has 1 heterocycles. The first-order valence-electron chi connectivity index (χ1n) is 8.29. The Bertz CT molecular complexity index is 587. The molecule has 1 aliphatic heterocycles. The standard InChI is InChI=1S/C18H29NO2Si2/c1-18(2,3)23(6,7)21-15(13-19)16-17(20-16)22(4,5)14-11-9-8-10-12-14/h8-12,15-17H,1-7H3/t15-,16+,17+/m0/s1. The van der Waals surface area contributed by atoms with Crippen molar-refractivity contribution in [2.24, 2.45) is 0 Å². The lowest BCUT2D eigenvalue weighted by Crippen LogP contribution is -2.50. The third-order valence-electron chi connectivity index (χ3n) is 5.41. The van der Waals surface area contributed by atoms with E-state index in [0.29, 0.717) is 0 Å². The number of epoxide rings is 1. The van der Waals surface area contributed by atoms with Crippen LogP contribution in [0.15, 0.2) is 30.3 Å². The Kier molecular flexibility index (Phi) is 4.94. The van der Waals surface area contributed by atoms with E-state index < -0.39 is 22.5 Å². The van der Waals surface area contributed by atoms with Gasteiger partial charge in [0.25, 0.3) is 0 Å². The number of benzene rings is 1. The minimum atomic E-state index is -1.97. The Hall–Kier alpha value is -0.936. The molecule has 23 heavy (non-hydrogen) atoms. The smallest absolute Gasteiger partial charge is 0.193 e. The number of rotatable bonds is 5. The Balaban J connectivity index is 2.11. The average Bonchev–Trinajstić information content (AvgIpc) is 3.25. The van der Waals surface area contributed by atoms with Crippen molar-refractivity contribution in [3.63, 3.8) is 0 Å². The molecule has 1 aromatic rings. The quantitative estimate of drug-likeness (QED) is 0.601. The van der Waals surface area contributed by atoms with Crippen molar-refractivity contribution in [1.82, 2.24) is 0 Å². The van der Waals surface area contributed by atoms with E-state index in [1.54, 1.807) is 0 Å². The molecule has 0 spiro atoms. The van der Waals surface area contributed by atoms with Crippen LogP contribution >= 0.6 is 0 Å². The SMILES string of the molecule is CC(C)(C)[Si](C)(C)O[C@@H](C#N)[C@H]1O[C@@H]1[Si](C)(C)c1ccccc1. The molecule has 0 aliphatic carbocycles. The van der Waals surface area contributed by atoms with Crippen molar-refractivity contribution in [1.29, 1.82) is 5.26 Å². The van der Waals surface area contributed by atoms with Gasteiger partial charge in [0, 0.05) is 0 Å². The third kappa shape index (κ3) is 3.77. The van der Waals surface area contributed by atoms with Gasteiger partial charge in [-0.2, -0.15) is 5.26 Å². The fourth-order valence-corrected chi connectivity index (χ4v) is 6.68. The summed E-state index contributed by atoms with van der Waals surface area (Å²) in [5.74, 6) is 0. The molecule has 3 nitrogen and oxygen atoms in total. The van der Waals surface area contributed by atoms with E-state index in [-0.39, 0.29) is 16.9 Å². The first-order valence-corrected chi connectivity index (χ1v) is 14.3. The lowest BCUT2D eigenvalue weighted by Gasteiger charge is -2.37. The van der Waals surface area contributed by atoms with Crippen LogP contribution in [0.2, 0.25) is 31.2 Å². The van der Waals surface area contributed by atoms with Crippen LogP contribution in [-0.4, -0.2) is 34.3 Å². The molecule has 5 heteroatoms. The second kappa shape index (κ2) is 6.17. The molecule has 0 bridgehead atoms. The molecule has 0 amide bonds. The summed E-state index contributed by atoms with van der Waals surface area (Å²) in [4.78, 5) is 0. The molecule has 2 rings (SSSR count). The van der Waals surface area contributed by atoms with Gasteiger partial charge in [0.15, 0.2) is 14.4 Å². The van der Waals surface area contributed by atoms with Crippen molar-refractivity contribution in [2.45, 2.75) is 69.9 Å². The predicted molar refractivity (Wildman–Crippen MR) is 99.9 cm³/mol. The number of ether oxygens (including phenoxy) is 1. The lowest BCUT2D eigenvalue weighted by atomic mass is 10.2. The lowest BCUT2D eigenvalue weighted by molar-refractivity contribution is 0.188. The first kappa shape index (κ1) is 18.4. The maximum atomic E-state index is 9.60. The fraction of sp³-hybridized carbons (Fsp3) is 0.611. The molecule has 3 atom stereocenters. The zero-order chi connectivity index (χ0) is 17.5. The number of nitriles is 1. The highest BCUT2D eigenvalue weighted by Gasteiger charge is 2.57. The summed E-state index contributed by atoms with van der Waals surface area (Å²) in [5.41, 5.74) is 0.166. The van der Waals surface area contributed by atoms with E-state index >= 15 is 0 Å². The second-order valence-electron chi connectivity index (χ2n) is 8.54. The van der Waals surface area contributed by atoms with Gasteiger partial charge in [-0.25, -0.2) is 0 Å². The summed E-state index contributed by atoms with van der Waals surface area (Å²) in [7, 11) is -3.71. The Morgan fingerprint density at radius 1 is 1.13 bits per heavy atom. The van der Waals surface area contributed by atoms with Gasteiger partial charge in [-0.1, -0.05) is 69.4 Å². The van der Waals surface area contributed by atoms with Gasteiger partial charge in [0.1, 0.15) is 14.2 Å². The zero-order valence-corrected chi connectivity index (χ0v) is 17.4. The number of hydrogen-bond donors (Lipinski definition) is 0. The highest BCUT2D eigenvalue weighted by atomic mass is 28.4. The third-order valence-corrected chi connectivity index (χ3v) is 13.6.